The lowest BCUT2D eigenvalue weighted by Gasteiger charge is -2.26. The minimum absolute atomic E-state index is 0.127. The molecule has 1 aromatic carbocycles. The SMILES string of the molecule is CC1CCC[C@H](c2ccc(F)cc2)C1. The number of halogens is 1. The Labute approximate surface area is 85.1 Å². The lowest BCUT2D eigenvalue weighted by Crippen LogP contribution is -2.11. The molecule has 0 bridgehead atoms. The Morgan fingerprint density at radius 3 is 2.50 bits per heavy atom. The molecule has 1 heteroatoms. The van der Waals surface area contributed by atoms with Crippen molar-refractivity contribution < 1.29 is 4.39 Å². The predicted octanol–water partition coefficient (Wildman–Crippen LogP) is 4.12. The van der Waals surface area contributed by atoms with E-state index >= 15 is 0 Å². The topological polar surface area (TPSA) is 0 Å². The number of benzene rings is 1. The van der Waals surface area contributed by atoms with Crippen LogP contribution >= 0.6 is 0 Å². The van der Waals surface area contributed by atoms with E-state index in [0.29, 0.717) is 5.92 Å². The van der Waals surface area contributed by atoms with E-state index in [2.05, 4.69) is 6.92 Å². The molecule has 1 aliphatic carbocycles. The van der Waals surface area contributed by atoms with Gasteiger partial charge in [0.2, 0.25) is 0 Å². The van der Waals surface area contributed by atoms with Crippen LogP contribution in [0, 0.1) is 11.7 Å². The summed E-state index contributed by atoms with van der Waals surface area (Å²) in [6.07, 6.45) is 5.22. The third-order valence-corrected chi connectivity index (χ3v) is 3.28. The predicted molar refractivity (Wildman–Crippen MR) is 56.8 cm³/mol. The standard InChI is InChI=1S/C13H17F/c1-10-3-2-4-12(9-10)11-5-7-13(14)8-6-11/h5-8,10,12H,2-4,9H2,1H3/t10?,12-/m0/s1. The van der Waals surface area contributed by atoms with E-state index in [1.165, 1.54) is 31.2 Å². The molecule has 1 aliphatic rings. The van der Waals surface area contributed by atoms with E-state index in [4.69, 9.17) is 0 Å². The Bertz CT molecular complexity index is 289. The fourth-order valence-corrected chi connectivity index (χ4v) is 2.47. The van der Waals surface area contributed by atoms with Crippen LogP contribution in [0.4, 0.5) is 4.39 Å². The summed E-state index contributed by atoms with van der Waals surface area (Å²) in [7, 11) is 0. The van der Waals surface area contributed by atoms with Gasteiger partial charge in [-0.25, -0.2) is 4.39 Å². The Kier molecular flexibility index (Phi) is 2.85. The second-order valence-corrected chi connectivity index (χ2v) is 4.52. The molecular formula is C13H17F. The summed E-state index contributed by atoms with van der Waals surface area (Å²) in [5.41, 5.74) is 1.32. The molecule has 0 radical (unpaired) electrons. The van der Waals surface area contributed by atoms with E-state index in [0.717, 1.165) is 5.92 Å². The first-order chi connectivity index (χ1) is 6.75. The van der Waals surface area contributed by atoms with Gasteiger partial charge in [-0.05, 0) is 42.4 Å². The van der Waals surface area contributed by atoms with E-state index in [1.807, 2.05) is 12.1 Å². The smallest absolute Gasteiger partial charge is 0.123 e. The molecule has 0 saturated heterocycles. The van der Waals surface area contributed by atoms with Crippen LogP contribution in [-0.4, -0.2) is 0 Å². The molecule has 76 valence electrons. The van der Waals surface area contributed by atoms with Crippen LogP contribution in [0.15, 0.2) is 24.3 Å². The summed E-state index contributed by atoms with van der Waals surface area (Å²) < 4.78 is 12.7. The molecule has 0 N–H and O–H groups in total. The molecule has 0 aromatic heterocycles. The summed E-state index contributed by atoms with van der Waals surface area (Å²) in [5, 5.41) is 0. The van der Waals surface area contributed by atoms with Gasteiger partial charge in [0.05, 0.1) is 0 Å². The van der Waals surface area contributed by atoms with Crippen molar-refractivity contribution in [2.24, 2.45) is 5.92 Å². The third-order valence-electron chi connectivity index (χ3n) is 3.28. The molecule has 1 unspecified atom stereocenters. The van der Waals surface area contributed by atoms with Crippen LogP contribution < -0.4 is 0 Å². The monoisotopic (exact) mass is 192 g/mol. The fourth-order valence-electron chi connectivity index (χ4n) is 2.47. The molecule has 0 amide bonds. The average molecular weight is 192 g/mol. The second kappa shape index (κ2) is 4.12. The van der Waals surface area contributed by atoms with Gasteiger partial charge in [0.25, 0.3) is 0 Å². The summed E-state index contributed by atoms with van der Waals surface area (Å²) in [6.45, 7) is 2.32. The number of hydrogen-bond acceptors (Lipinski definition) is 0. The van der Waals surface area contributed by atoms with Gasteiger partial charge < -0.3 is 0 Å². The average Bonchev–Trinajstić information content (AvgIpc) is 2.19. The van der Waals surface area contributed by atoms with Gasteiger partial charge in [-0.1, -0.05) is 31.9 Å². The van der Waals surface area contributed by atoms with Crippen molar-refractivity contribution in [3.63, 3.8) is 0 Å². The minimum Gasteiger partial charge on any atom is -0.207 e. The molecule has 0 heterocycles. The molecule has 1 saturated carbocycles. The first kappa shape index (κ1) is 9.70. The third kappa shape index (κ3) is 2.14. The first-order valence-corrected chi connectivity index (χ1v) is 5.51. The Hall–Kier alpha value is -0.850. The molecule has 2 rings (SSSR count). The first-order valence-electron chi connectivity index (χ1n) is 5.51. The molecule has 1 aromatic rings. The largest absolute Gasteiger partial charge is 0.207 e. The Morgan fingerprint density at radius 2 is 1.86 bits per heavy atom. The number of hydrogen-bond donors (Lipinski definition) is 0. The van der Waals surface area contributed by atoms with Gasteiger partial charge >= 0.3 is 0 Å². The zero-order chi connectivity index (χ0) is 9.97. The fraction of sp³-hybridized carbons (Fsp3) is 0.538. The molecule has 1 fully saturated rings. The van der Waals surface area contributed by atoms with Gasteiger partial charge in [0.15, 0.2) is 0 Å². The molecular weight excluding hydrogens is 175 g/mol. The van der Waals surface area contributed by atoms with Gasteiger partial charge in [0, 0.05) is 0 Å². The van der Waals surface area contributed by atoms with Crippen molar-refractivity contribution >= 4 is 0 Å². The maximum Gasteiger partial charge on any atom is 0.123 e. The highest BCUT2D eigenvalue weighted by Gasteiger charge is 2.19. The van der Waals surface area contributed by atoms with Crippen molar-refractivity contribution in [1.82, 2.24) is 0 Å². The zero-order valence-corrected chi connectivity index (χ0v) is 8.67. The van der Waals surface area contributed by atoms with E-state index < -0.39 is 0 Å². The molecule has 0 aliphatic heterocycles. The molecule has 0 spiro atoms. The Morgan fingerprint density at radius 1 is 1.14 bits per heavy atom. The van der Waals surface area contributed by atoms with Crippen molar-refractivity contribution in [3.8, 4) is 0 Å². The lowest BCUT2D eigenvalue weighted by molar-refractivity contribution is 0.344. The highest BCUT2D eigenvalue weighted by Crippen LogP contribution is 2.35. The van der Waals surface area contributed by atoms with Gasteiger partial charge in [0.1, 0.15) is 5.82 Å². The van der Waals surface area contributed by atoms with Crippen LogP contribution in [-0.2, 0) is 0 Å². The van der Waals surface area contributed by atoms with Crippen molar-refractivity contribution in [2.75, 3.05) is 0 Å². The van der Waals surface area contributed by atoms with Gasteiger partial charge in [-0.2, -0.15) is 0 Å². The van der Waals surface area contributed by atoms with Crippen LogP contribution in [0.5, 0.6) is 0 Å². The van der Waals surface area contributed by atoms with E-state index in [1.54, 1.807) is 12.1 Å². The molecule has 14 heavy (non-hydrogen) atoms. The number of rotatable bonds is 1. The van der Waals surface area contributed by atoms with Gasteiger partial charge in [-0.15, -0.1) is 0 Å². The summed E-state index contributed by atoms with van der Waals surface area (Å²) in [5.74, 6) is 1.37. The zero-order valence-electron chi connectivity index (χ0n) is 8.67. The summed E-state index contributed by atoms with van der Waals surface area (Å²) in [4.78, 5) is 0. The quantitative estimate of drug-likeness (QED) is 0.628. The lowest BCUT2D eigenvalue weighted by atomic mass is 9.79. The van der Waals surface area contributed by atoms with Gasteiger partial charge in [-0.3, -0.25) is 0 Å². The van der Waals surface area contributed by atoms with Crippen LogP contribution in [0.3, 0.4) is 0 Å². The molecule has 0 nitrogen and oxygen atoms in total. The van der Waals surface area contributed by atoms with Crippen molar-refractivity contribution in [1.29, 1.82) is 0 Å². The van der Waals surface area contributed by atoms with E-state index in [-0.39, 0.29) is 5.82 Å². The van der Waals surface area contributed by atoms with Crippen LogP contribution in [0.2, 0.25) is 0 Å². The van der Waals surface area contributed by atoms with Crippen molar-refractivity contribution in [2.45, 2.75) is 38.5 Å². The van der Waals surface area contributed by atoms with Crippen LogP contribution in [0.1, 0.15) is 44.1 Å². The van der Waals surface area contributed by atoms with Crippen molar-refractivity contribution in [3.05, 3.63) is 35.6 Å². The summed E-state index contributed by atoms with van der Waals surface area (Å²) in [6, 6.07) is 7.04. The van der Waals surface area contributed by atoms with Crippen LogP contribution in [0.25, 0.3) is 0 Å². The normalized spacial score (nSPS) is 27.6. The minimum atomic E-state index is -0.127. The Balaban J connectivity index is 2.10. The van der Waals surface area contributed by atoms with E-state index in [9.17, 15) is 4.39 Å². The second-order valence-electron chi connectivity index (χ2n) is 4.52. The summed E-state index contributed by atoms with van der Waals surface area (Å²) >= 11 is 0. The maximum absolute atomic E-state index is 12.7. The highest BCUT2D eigenvalue weighted by atomic mass is 19.1. The maximum atomic E-state index is 12.7. The highest BCUT2D eigenvalue weighted by molar-refractivity contribution is 5.20. The molecule has 2 atom stereocenters.